The molecule has 2 rings (SSSR count). The Morgan fingerprint density at radius 2 is 1.93 bits per heavy atom. The molecule has 6 nitrogen and oxygen atoms in total. The minimum Gasteiger partial charge on any atom is -0.357 e. The zero-order valence-corrected chi connectivity index (χ0v) is 21.2. The molecule has 2 aromatic rings. The molecular weight excluding hydrogens is 519 g/mol. The van der Waals surface area contributed by atoms with Gasteiger partial charge < -0.3 is 10.6 Å². The molecule has 0 aliphatic heterocycles. The van der Waals surface area contributed by atoms with E-state index < -0.39 is 9.84 Å². The highest BCUT2D eigenvalue weighted by atomic mass is 127. The summed E-state index contributed by atoms with van der Waals surface area (Å²) in [5, 5.41) is 7.56. The fourth-order valence-corrected chi connectivity index (χ4v) is 5.12. The number of hydrogen-bond donors (Lipinski definition) is 2. The van der Waals surface area contributed by atoms with Gasteiger partial charge in [0.2, 0.25) is 0 Å². The second-order valence-electron chi connectivity index (χ2n) is 6.43. The monoisotopic (exact) mass is 550 g/mol. The quantitative estimate of drug-likeness (QED) is 0.268. The highest BCUT2D eigenvalue weighted by Gasteiger charge is 2.20. The van der Waals surface area contributed by atoms with Crippen LogP contribution in [0.3, 0.4) is 0 Å². The Morgan fingerprint density at radius 3 is 2.52 bits per heavy atom. The van der Waals surface area contributed by atoms with E-state index in [1.54, 1.807) is 35.6 Å². The van der Waals surface area contributed by atoms with Crippen LogP contribution in [0.2, 0.25) is 0 Å². The van der Waals surface area contributed by atoms with Crippen molar-refractivity contribution in [1.29, 1.82) is 0 Å². The van der Waals surface area contributed by atoms with Crippen LogP contribution < -0.4 is 10.6 Å². The van der Waals surface area contributed by atoms with Crippen LogP contribution in [0.25, 0.3) is 0 Å². The molecule has 0 spiro atoms. The molecule has 0 aliphatic carbocycles. The summed E-state index contributed by atoms with van der Waals surface area (Å²) in [6.07, 6.45) is 4.39. The van der Waals surface area contributed by atoms with Crippen molar-refractivity contribution >= 4 is 51.1 Å². The average molecular weight is 551 g/mol. The molecule has 0 aliphatic rings. The number of aliphatic imine (C=N–C) groups is 1. The molecule has 1 aromatic heterocycles. The molecule has 0 radical (unpaired) electrons. The van der Waals surface area contributed by atoms with Crippen molar-refractivity contribution in [2.45, 2.75) is 51.0 Å². The average Bonchev–Trinajstić information content (AvgIpc) is 3.16. The fraction of sp³-hybridized carbons (Fsp3) is 0.500. The van der Waals surface area contributed by atoms with Crippen molar-refractivity contribution in [3.05, 3.63) is 46.4 Å². The molecule has 162 valence electrons. The molecule has 0 fully saturated rings. The van der Waals surface area contributed by atoms with Gasteiger partial charge in [0.15, 0.2) is 15.8 Å². The first-order valence-corrected chi connectivity index (χ1v) is 12.2. The first kappa shape index (κ1) is 25.8. The van der Waals surface area contributed by atoms with Crippen LogP contribution in [-0.2, 0) is 22.7 Å². The summed E-state index contributed by atoms with van der Waals surface area (Å²) in [5.74, 6) is 0.675. The zero-order valence-electron chi connectivity index (χ0n) is 17.2. The predicted octanol–water partition coefficient (Wildman–Crippen LogP) is 3.67. The third-order valence-corrected chi connectivity index (χ3v) is 7.28. The first-order valence-electron chi connectivity index (χ1n) is 9.74. The van der Waals surface area contributed by atoms with E-state index in [1.165, 1.54) is 4.88 Å². The van der Waals surface area contributed by atoms with Gasteiger partial charge in [0.25, 0.3) is 0 Å². The van der Waals surface area contributed by atoms with E-state index in [9.17, 15) is 8.42 Å². The number of aromatic nitrogens is 1. The highest BCUT2D eigenvalue weighted by molar-refractivity contribution is 14.0. The summed E-state index contributed by atoms with van der Waals surface area (Å²) in [6, 6.07) is 8.37. The smallest absolute Gasteiger partial charge is 0.191 e. The lowest BCUT2D eigenvalue weighted by molar-refractivity contribution is 0.569. The summed E-state index contributed by atoms with van der Waals surface area (Å²) < 4.78 is 25.3. The number of rotatable bonds is 10. The molecular formula is C20H31IN4O2S2. The third kappa shape index (κ3) is 8.59. The van der Waals surface area contributed by atoms with E-state index in [2.05, 4.69) is 27.5 Å². The topological polar surface area (TPSA) is 83.4 Å². The lowest BCUT2D eigenvalue weighted by Crippen LogP contribution is -2.46. The summed E-state index contributed by atoms with van der Waals surface area (Å²) in [4.78, 5) is 10.7. The molecule has 1 aromatic carbocycles. The van der Waals surface area contributed by atoms with Crippen molar-refractivity contribution in [3.63, 3.8) is 0 Å². The van der Waals surface area contributed by atoms with Gasteiger partial charge in [-0.15, -0.1) is 35.3 Å². The van der Waals surface area contributed by atoms with Crippen molar-refractivity contribution < 1.29 is 8.42 Å². The van der Waals surface area contributed by atoms with Crippen LogP contribution >= 0.6 is 35.3 Å². The SMILES string of the molecule is CCNC(=NCCc1ncc(CC)s1)NC(CC)CS(=O)(=O)c1ccccc1.I. The van der Waals surface area contributed by atoms with Crippen LogP contribution in [0, 0.1) is 0 Å². The van der Waals surface area contributed by atoms with Crippen LogP contribution in [0.5, 0.6) is 0 Å². The van der Waals surface area contributed by atoms with Crippen molar-refractivity contribution in [2.75, 3.05) is 18.8 Å². The Balaban J connectivity index is 0.00000420. The van der Waals surface area contributed by atoms with Crippen LogP contribution in [0.1, 0.15) is 37.1 Å². The Hall–Kier alpha value is -1.20. The van der Waals surface area contributed by atoms with Gasteiger partial charge in [0.05, 0.1) is 15.7 Å². The van der Waals surface area contributed by atoms with Gasteiger partial charge >= 0.3 is 0 Å². The van der Waals surface area contributed by atoms with Crippen molar-refractivity contribution in [1.82, 2.24) is 15.6 Å². The number of guanidine groups is 1. The standard InChI is InChI=1S/C20H30N4O2S2.HI/c1-4-16(15-28(25,26)18-10-8-7-9-11-18)24-20(21-6-3)22-13-12-19-23-14-17(5-2)27-19;/h7-11,14,16H,4-6,12-13,15H2,1-3H3,(H2,21,22,24);1H. The van der Waals surface area contributed by atoms with Gasteiger partial charge in [0, 0.05) is 36.6 Å². The van der Waals surface area contributed by atoms with Gasteiger partial charge in [0.1, 0.15) is 0 Å². The van der Waals surface area contributed by atoms with E-state index >= 15 is 0 Å². The second kappa shape index (κ2) is 13.2. The number of nitrogens with zero attached hydrogens (tertiary/aromatic N) is 2. The van der Waals surface area contributed by atoms with Crippen molar-refractivity contribution in [2.24, 2.45) is 4.99 Å². The summed E-state index contributed by atoms with van der Waals surface area (Å²) in [5.41, 5.74) is 0. The second-order valence-corrected chi connectivity index (χ2v) is 9.66. The molecule has 9 heteroatoms. The lowest BCUT2D eigenvalue weighted by Gasteiger charge is -2.20. The number of sulfone groups is 1. The molecule has 2 N–H and O–H groups in total. The number of aryl methyl sites for hydroxylation is 1. The van der Waals surface area contributed by atoms with Gasteiger partial charge in [-0.2, -0.15) is 0 Å². The Labute approximate surface area is 195 Å². The minimum absolute atomic E-state index is 0. The summed E-state index contributed by atoms with van der Waals surface area (Å²) in [6.45, 7) is 7.41. The number of hydrogen-bond acceptors (Lipinski definition) is 5. The predicted molar refractivity (Wildman–Crippen MR) is 132 cm³/mol. The molecule has 1 unspecified atom stereocenters. The minimum atomic E-state index is -3.35. The van der Waals surface area contributed by atoms with Gasteiger partial charge in [-0.05, 0) is 31.9 Å². The molecule has 0 saturated carbocycles. The Bertz CT molecular complexity index is 854. The van der Waals surface area contributed by atoms with E-state index in [-0.39, 0.29) is 35.8 Å². The van der Waals surface area contributed by atoms with E-state index in [4.69, 9.17) is 0 Å². The van der Waals surface area contributed by atoms with Crippen LogP contribution in [0.15, 0.2) is 46.4 Å². The normalized spacial score (nSPS) is 12.9. The maximum absolute atomic E-state index is 12.7. The Morgan fingerprint density at radius 1 is 1.21 bits per heavy atom. The number of halogens is 1. The van der Waals surface area contributed by atoms with E-state index in [0.29, 0.717) is 30.4 Å². The molecule has 0 amide bonds. The summed E-state index contributed by atoms with van der Waals surface area (Å²) >= 11 is 1.72. The number of thiazole rings is 1. The molecule has 0 saturated heterocycles. The number of benzene rings is 1. The zero-order chi connectivity index (χ0) is 20.4. The Kier molecular flexibility index (Phi) is 11.7. The van der Waals surface area contributed by atoms with Gasteiger partial charge in [-0.1, -0.05) is 32.0 Å². The molecule has 29 heavy (non-hydrogen) atoms. The highest BCUT2D eigenvalue weighted by Crippen LogP contribution is 2.14. The van der Waals surface area contributed by atoms with E-state index in [1.807, 2.05) is 26.1 Å². The van der Waals surface area contributed by atoms with Crippen LogP contribution in [-0.4, -0.2) is 44.2 Å². The van der Waals surface area contributed by atoms with Gasteiger partial charge in [-0.25, -0.2) is 13.4 Å². The first-order chi connectivity index (χ1) is 13.5. The van der Waals surface area contributed by atoms with Crippen LogP contribution in [0.4, 0.5) is 0 Å². The fourth-order valence-electron chi connectivity index (χ4n) is 2.65. The maximum Gasteiger partial charge on any atom is 0.191 e. The molecule has 0 bridgehead atoms. The molecule has 1 atom stereocenters. The van der Waals surface area contributed by atoms with Crippen molar-refractivity contribution in [3.8, 4) is 0 Å². The maximum atomic E-state index is 12.7. The third-order valence-electron chi connectivity index (χ3n) is 4.25. The summed E-state index contributed by atoms with van der Waals surface area (Å²) in [7, 11) is -3.35. The lowest BCUT2D eigenvalue weighted by atomic mass is 10.3. The van der Waals surface area contributed by atoms with Gasteiger partial charge in [-0.3, -0.25) is 4.99 Å². The van der Waals surface area contributed by atoms with E-state index in [0.717, 1.165) is 17.8 Å². The number of nitrogens with one attached hydrogen (secondary N) is 2. The molecule has 1 heterocycles. The largest absolute Gasteiger partial charge is 0.357 e.